The Morgan fingerprint density at radius 2 is 1.97 bits per heavy atom. The largest absolute Gasteiger partial charge is 0.357 e. The van der Waals surface area contributed by atoms with E-state index in [2.05, 4.69) is 67.3 Å². The number of aryl methyl sites for hydroxylation is 3. The van der Waals surface area contributed by atoms with Gasteiger partial charge in [0.1, 0.15) is 17.5 Å². The number of aliphatic imine (C=N–C) groups is 1. The van der Waals surface area contributed by atoms with Crippen molar-refractivity contribution < 1.29 is 0 Å². The number of pyridine rings is 1. The molecule has 0 aliphatic carbocycles. The van der Waals surface area contributed by atoms with Gasteiger partial charge in [-0.1, -0.05) is 12.5 Å². The molecule has 0 saturated carbocycles. The summed E-state index contributed by atoms with van der Waals surface area (Å²) >= 11 is 0. The van der Waals surface area contributed by atoms with E-state index < -0.39 is 0 Å². The van der Waals surface area contributed by atoms with Crippen LogP contribution in [-0.2, 0) is 19.4 Å². The molecule has 0 aromatic carbocycles. The van der Waals surface area contributed by atoms with Gasteiger partial charge >= 0.3 is 0 Å². The van der Waals surface area contributed by atoms with Crippen LogP contribution in [0.2, 0.25) is 0 Å². The zero-order chi connectivity index (χ0) is 22.2. The molecule has 2 aliphatic heterocycles. The van der Waals surface area contributed by atoms with Crippen molar-refractivity contribution in [2.24, 2.45) is 4.99 Å². The van der Waals surface area contributed by atoms with Gasteiger partial charge in [0.15, 0.2) is 5.96 Å². The fraction of sp³-hybridized carbons (Fsp3) is 0.667. The number of piperidine rings is 1. The lowest BCUT2D eigenvalue weighted by atomic mass is 10.1. The molecule has 0 amide bonds. The summed E-state index contributed by atoms with van der Waals surface area (Å²) in [5.41, 5.74) is 1.08. The van der Waals surface area contributed by atoms with Crippen LogP contribution >= 0.6 is 24.0 Å². The number of halogens is 1. The smallest absolute Gasteiger partial charge is 0.191 e. The summed E-state index contributed by atoms with van der Waals surface area (Å²) in [6.45, 7) is 8.95. The highest BCUT2D eigenvalue weighted by molar-refractivity contribution is 14.0. The number of fused-ring (bicyclic) bond motifs is 1. The molecule has 182 valence electrons. The minimum Gasteiger partial charge on any atom is -0.357 e. The van der Waals surface area contributed by atoms with E-state index >= 15 is 0 Å². The summed E-state index contributed by atoms with van der Waals surface area (Å²) in [4.78, 5) is 11.9. The molecular weight excluding hydrogens is 527 g/mol. The molecule has 0 atom stereocenters. The number of anilines is 1. The quantitative estimate of drug-likeness (QED) is 0.231. The van der Waals surface area contributed by atoms with Crippen LogP contribution in [0.3, 0.4) is 0 Å². The highest BCUT2D eigenvalue weighted by atomic mass is 127. The maximum Gasteiger partial charge on any atom is 0.191 e. The molecule has 0 spiro atoms. The molecular formula is C24H39IN8. The third-order valence-electron chi connectivity index (χ3n) is 6.39. The monoisotopic (exact) mass is 566 g/mol. The summed E-state index contributed by atoms with van der Waals surface area (Å²) in [6.07, 6.45) is 8.95. The van der Waals surface area contributed by atoms with Crippen molar-refractivity contribution in [3.05, 3.63) is 35.5 Å². The van der Waals surface area contributed by atoms with Crippen LogP contribution in [0, 0.1) is 6.92 Å². The lowest BCUT2D eigenvalue weighted by molar-refractivity contribution is 0.459. The number of nitrogens with zero attached hydrogens (tertiary/aromatic N) is 6. The van der Waals surface area contributed by atoms with Gasteiger partial charge in [-0.3, -0.25) is 4.99 Å². The van der Waals surface area contributed by atoms with Crippen LogP contribution in [0.1, 0.15) is 62.8 Å². The topological polar surface area (TPSA) is 83.3 Å². The van der Waals surface area contributed by atoms with Gasteiger partial charge in [0.25, 0.3) is 0 Å². The molecule has 8 nitrogen and oxygen atoms in total. The Hall–Kier alpha value is -1.91. The maximum absolute atomic E-state index is 4.84. The fourth-order valence-electron chi connectivity index (χ4n) is 4.63. The van der Waals surface area contributed by atoms with Crippen molar-refractivity contribution in [3.63, 3.8) is 0 Å². The second-order valence-electron chi connectivity index (χ2n) is 8.90. The van der Waals surface area contributed by atoms with Gasteiger partial charge in [-0.25, -0.2) is 4.98 Å². The molecule has 2 N–H and O–H groups in total. The minimum absolute atomic E-state index is 0. The van der Waals surface area contributed by atoms with E-state index in [1.165, 1.54) is 25.1 Å². The van der Waals surface area contributed by atoms with Crippen LogP contribution < -0.4 is 15.5 Å². The molecule has 9 heteroatoms. The van der Waals surface area contributed by atoms with E-state index in [0.29, 0.717) is 6.04 Å². The molecule has 4 rings (SSSR count). The number of hydrogen-bond donors (Lipinski definition) is 2. The Morgan fingerprint density at radius 3 is 2.76 bits per heavy atom. The molecule has 0 unspecified atom stereocenters. The van der Waals surface area contributed by atoms with Gasteiger partial charge in [-0.2, -0.15) is 0 Å². The SMILES string of the molecule is CCNC(=NCCCc1nnc2n1CCCCC2)NC1CCN(c2cccc(C)n2)CC1.I. The summed E-state index contributed by atoms with van der Waals surface area (Å²) in [6, 6.07) is 6.70. The molecule has 0 radical (unpaired) electrons. The second kappa shape index (κ2) is 13.1. The van der Waals surface area contributed by atoms with E-state index in [-0.39, 0.29) is 24.0 Å². The van der Waals surface area contributed by atoms with Crippen molar-refractivity contribution in [2.45, 2.75) is 77.8 Å². The van der Waals surface area contributed by atoms with E-state index in [0.717, 1.165) is 88.1 Å². The van der Waals surface area contributed by atoms with Gasteiger partial charge in [-0.15, -0.1) is 34.2 Å². The molecule has 4 heterocycles. The lowest BCUT2D eigenvalue weighted by Gasteiger charge is -2.34. The van der Waals surface area contributed by atoms with Crippen LogP contribution in [0.4, 0.5) is 5.82 Å². The summed E-state index contributed by atoms with van der Waals surface area (Å²) in [7, 11) is 0. The van der Waals surface area contributed by atoms with Crippen LogP contribution in [0.15, 0.2) is 23.2 Å². The van der Waals surface area contributed by atoms with Crippen molar-refractivity contribution >= 4 is 35.8 Å². The second-order valence-corrected chi connectivity index (χ2v) is 8.90. The zero-order valence-electron chi connectivity index (χ0n) is 20.1. The van der Waals surface area contributed by atoms with E-state index in [4.69, 9.17) is 4.99 Å². The maximum atomic E-state index is 4.84. The van der Waals surface area contributed by atoms with Crippen LogP contribution in [0.5, 0.6) is 0 Å². The van der Waals surface area contributed by atoms with Gasteiger partial charge in [0.05, 0.1) is 0 Å². The molecule has 2 aliphatic rings. The Bertz CT molecular complexity index is 888. The first-order valence-electron chi connectivity index (χ1n) is 12.4. The summed E-state index contributed by atoms with van der Waals surface area (Å²) in [5, 5.41) is 15.9. The Morgan fingerprint density at radius 1 is 1.12 bits per heavy atom. The summed E-state index contributed by atoms with van der Waals surface area (Å²) < 4.78 is 2.34. The van der Waals surface area contributed by atoms with E-state index in [9.17, 15) is 0 Å². The Kier molecular flexibility index (Phi) is 10.2. The first kappa shape index (κ1) is 25.7. The number of rotatable bonds is 7. The molecule has 0 bridgehead atoms. The molecule has 2 aromatic heterocycles. The first-order chi connectivity index (χ1) is 15.7. The Labute approximate surface area is 215 Å². The molecule has 1 saturated heterocycles. The predicted molar refractivity (Wildman–Crippen MR) is 145 cm³/mol. The molecule has 1 fully saturated rings. The molecule has 33 heavy (non-hydrogen) atoms. The lowest BCUT2D eigenvalue weighted by Crippen LogP contribution is -2.49. The number of aromatic nitrogens is 4. The van der Waals surface area contributed by atoms with Crippen molar-refractivity contribution in [2.75, 3.05) is 31.1 Å². The van der Waals surface area contributed by atoms with Crippen molar-refractivity contribution in [1.29, 1.82) is 0 Å². The normalized spacial score (nSPS) is 17.2. The van der Waals surface area contributed by atoms with E-state index in [1.807, 2.05) is 0 Å². The summed E-state index contributed by atoms with van der Waals surface area (Å²) in [5.74, 6) is 4.32. The van der Waals surface area contributed by atoms with Crippen molar-refractivity contribution in [1.82, 2.24) is 30.4 Å². The van der Waals surface area contributed by atoms with Gasteiger partial charge in [-0.05, 0) is 58.1 Å². The third-order valence-corrected chi connectivity index (χ3v) is 6.39. The van der Waals surface area contributed by atoms with Gasteiger partial charge in [0.2, 0.25) is 0 Å². The number of hydrogen-bond acceptors (Lipinski definition) is 5. The van der Waals surface area contributed by atoms with Gasteiger partial charge < -0.3 is 20.1 Å². The van der Waals surface area contributed by atoms with Crippen LogP contribution in [0.25, 0.3) is 0 Å². The fourth-order valence-corrected chi connectivity index (χ4v) is 4.63. The Balaban J connectivity index is 0.00000306. The number of guanidine groups is 1. The predicted octanol–water partition coefficient (Wildman–Crippen LogP) is 3.48. The zero-order valence-corrected chi connectivity index (χ0v) is 22.4. The van der Waals surface area contributed by atoms with Crippen LogP contribution in [-0.4, -0.2) is 57.9 Å². The van der Waals surface area contributed by atoms with Gasteiger partial charge in [0, 0.05) is 57.3 Å². The standard InChI is InChI=1S/C24H38N8.HI/c1-3-25-24(26-15-8-12-23-30-29-22-10-5-4-6-16-32(22)23)28-20-13-17-31(18-14-20)21-11-7-9-19(2)27-21;/h7,9,11,20H,3-6,8,10,12-18H2,1-2H3,(H2,25,26,28);1H. The first-order valence-corrected chi connectivity index (χ1v) is 12.4. The average molecular weight is 567 g/mol. The average Bonchev–Trinajstić information content (AvgIpc) is 3.03. The van der Waals surface area contributed by atoms with Crippen molar-refractivity contribution in [3.8, 4) is 0 Å². The third kappa shape index (κ3) is 7.28. The molecule has 2 aromatic rings. The highest BCUT2D eigenvalue weighted by Gasteiger charge is 2.21. The highest BCUT2D eigenvalue weighted by Crippen LogP contribution is 2.18. The van der Waals surface area contributed by atoms with E-state index in [1.54, 1.807) is 0 Å². The minimum atomic E-state index is 0. The number of nitrogens with one attached hydrogen (secondary N) is 2.